The molecule has 0 heterocycles. The molecule has 0 aliphatic carbocycles. The van der Waals surface area contributed by atoms with E-state index < -0.39 is 5.97 Å². The molecular formula is C19H19BrO5. The van der Waals surface area contributed by atoms with E-state index in [1.165, 1.54) is 13.2 Å². The molecule has 2 aromatic rings. The van der Waals surface area contributed by atoms with Crippen molar-refractivity contribution in [3.8, 4) is 17.2 Å². The third-order valence-electron chi connectivity index (χ3n) is 3.49. The molecular weight excluding hydrogens is 388 g/mol. The number of phenols is 1. The first-order valence-electron chi connectivity index (χ1n) is 7.49. The van der Waals surface area contributed by atoms with Gasteiger partial charge in [0.1, 0.15) is 12.4 Å². The Morgan fingerprint density at radius 3 is 2.56 bits per heavy atom. The number of rotatable bonds is 6. The lowest BCUT2D eigenvalue weighted by molar-refractivity contribution is -0.138. The monoisotopic (exact) mass is 406 g/mol. The summed E-state index contributed by atoms with van der Waals surface area (Å²) >= 11 is 3.23. The van der Waals surface area contributed by atoms with Gasteiger partial charge >= 0.3 is 5.97 Å². The number of carbonyl (C=O) groups is 1. The van der Waals surface area contributed by atoms with Crippen molar-refractivity contribution in [2.45, 2.75) is 13.5 Å². The lowest BCUT2D eigenvalue weighted by Gasteiger charge is -2.09. The molecule has 0 spiro atoms. The molecule has 132 valence electrons. The Morgan fingerprint density at radius 2 is 1.88 bits per heavy atom. The average molecular weight is 407 g/mol. The summed E-state index contributed by atoms with van der Waals surface area (Å²) in [6.45, 7) is 2.08. The Morgan fingerprint density at radius 1 is 1.16 bits per heavy atom. The summed E-state index contributed by atoms with van der Waals surface area (Å²) in [6.07, 6.45) is 2.91. The first-order chi connectivity index (χ1) is 11.9. The van der Waals surface area contributed by atoms with E-state index in [0.717, 1.165) is 11.1 Å². The normalized spacial score (nSPS) is 10.7. The van der Waals surface area contributed by atoms with Gasteiger partial charge in [-0.1, -0.05) is 11.6 Å². The second-order valence-corrected chi connectivity index (χ2v) is 6.16. The molecule has 0 aliphatic heterocycles. The highest BCUT2D eigenvalue weighted by molar-refractivity contribution is 9.10. The van der Waals surface area contributed by atoms with Crippen molar-refractivity contribution in [1.29, 1.82) is 0 Å². The third-order valence-corrected chi connectivity index (χ3v) is 4.09. The van der Waals surface area contributed by atoms with E-state index in [1.54, 1.807) is 25.3 Å². The number of hydrogen-bond acceptors (Lipinski definition) is 5. The summed E-state index contributed by atoms with van der Waals surface area (Å²) in [5.41, 5.74) is 2.55. The summed E-state index contributed by atoms with van der Waals surface area (Å²) in [5, 5.41) is 9.78. The number of aryl methyl sites for hydroxylation is 1. The highest BCUT2D eigenvalue weighted by atomic mass is 79.9. The van der Waals surface area contributed by atoms with Crippen LogP contribution in [0.5, 0.6) is 17.2 Å². The van der Waals surface area contributed by atoms with Crippen molar-refractivity contribution < 1.29 is 24.1 Å². The fraction of sp³-hybridized carbons (Fsp3) is 0.211. The Hall–Kier alpha value is -2.47. The SMILES string of the molecule is COc1ccc(C)cc1COC(=O)/C=C/c1cc(Br)c(O)c(OC)c1. The van der Waals surface area contributed by atoms with Gasteiger partial charge in [0, 0.05) is 11.6 Å². The number of halogens is 1. The predicted octanol–water partition coefficient (Wildman–Crippen LogP) is 4.24. The molecule has 0 aromatic heterocycles. The molecule has 0 amide bonds. The number of methoxy groups -OCH3 is 2. The fourth-order valence-corrected chi connectivity index (χ4v) is 2.69. The topological polar surface area (TPSA) is 65.0 Å². The number of phenolic OH excluding ortho intramolecular Hbond substituents is 1. The lowest BCUT2D eigenvalue weighted by atomic mass is 10.1. The molecule has 0 radical (unpaired) electrons. The molecule has 6 heteroatoms. The number of esters is 1. The van der Waals surface area contributed by atoms with Crippen molar-refractivity contribution in [3.05, 3.63) is 57.6 Å². The van der Waals surface area contributed by atoms with Crippen LogP contribution < -0.4 is 9.47 Å². The van der Waals surface area contributed by atoms with Gasteiger partial charge in [-0.25, -0.2) is 4.79 Å². The highest BCUT2D eigenvalue weighted by Crippen LogP contribution is 2.35. The fourth-order valence-electron chi connectivity index (χ4n) is 2.23. The van der Waals surface area contributed by atoms with Crippen LogP contribution in [-0.4, -0.2) is 25.3 Å². The van der Waals surface area contributed by atoms with Crippen molar-refractivity contribution in [2.24, 2.45) is 0 Å². The van der Waals surface area contributed by atoms with Crippen LogP contribution in [0.3, 0.4) is 0 Å². The van der Waals surface area contributed by atoms with Gasteiger partial charge < -0.3 is 19.3 Å². The number of hydrogen-bond donors (Lipinski definition) is 1. The molecule has 2 rings (SSSR count). The Bertz CT molecular complexity index is 799. The van der Waals surface area contributed by atoms with E-state index >= 15 is 0 Å². The minimum Gasteiger partial charge on any atom is -0.503 e. The van der Waals surface area contributed by atoms with Crippen LogP contribution in [0.1, 0.15) is 16.7 Å². The van der Waals surface area contributed by atoms with E-state index in [-0.39, 0.29) is 12.4 Å². The molecule has 0 bridgehead atoms. The van der Waals surface area contributed by atoms with Gasteiger partial charge in [0.25, 0.3) is 0 Å². The van der Waals surface area contributed by atoms with Crippen LogP contribution in [-0.2, 0) is 16.1 Å². The number of aromatic hydroxyl groups is 1. The maximum Gasteiger partial charge on any atom is 0.331 e. The second-order valence-electron chi connectivity index (χ2n) is 5.31. The van der Waals surface area contributed by atoms with Crippen molar-refractivity contribution >= 4 is 28.0 Å². The van der Waals surface area contributed by atoms with Gasteiger partial charge in [0.15, 0.2) is 11.5 Å². The van der Waals surface area contributed by atoms with Crippen LogP contribution >= 0.6 is 15.9 Å². The number of carbonyl (C=O) groups excluding carboxylic acids is 1. The number of benzene rings is 2. The molecule has 2 aromatic carbocycles. The van der Waals surface area contributed by atoms with Gasteiger partial charge in [0.2, 0.25) is 0 Å². The molecule has 0 saturated heterocycles. The zero-order valence-corrected chi connectivity index (χ0v) is 15.8. The molecule has 1 N–H and O–H groups in total. The molecule has 0 atom stereocenters. The van der Waals surface area contributed by atoms with Crippen molar-refractivity contribution in [3.63, 3.8) is 0 Å². The van der Waals surface area contributed by atoms with E-state index in [0.29, 0.717) is 21.5 Å². The van der Waals surface area contributed by atoms with Crippen molar-refractivity contribution in [1.82, 2.24) is 0 Å². The zero-order chi connectivity index (χ0) is 18.4. The van der Waals surface area contributed by atoms with Gasteiger partial charge in [-0.15, -0.1) is 0 Å². The van der Waals surface area contributed by atoms with Gasteiger partial charge in [-0.3, -0.25) is 0 Å². The first kappa shape index (κ1) is 18.9. The maximum absolute atomic E-state index is 11.9. The smallest absolute Gasteiger partial charge is 0.331 e. The minimum atomic E-state index is -0.480. The summed E-state index contributed by atoms with van der Waals surface area (Å²) in [5.74, 6) is 0.516. The molecule has 25 heavy (non-hydrogen) atoms. The highest BCUT2D eigenvalue weighted by Gasteiger charge is 2.08. The van der Waals surface area contributed by atoms with Crippen LogP contribution in [0.2, 0.25) is 0 Å². The Kier molecular flexibility index (Phi) is 6.47. The quantitative estimate of drug-likeness (QED) is 0.574. The summed E-state index contributed by atoms with van der Waals surface area (Å²) in [7, 11) is 3.03. The van der Waals surface area contributed by atoms with Crippen molar-refractivity contribution in [2.75, 3.05) is 14.2 Å². The first-order valence-corrected chi connectivity index (χ1v) is 8.28. The average Bonchev–Trinajstić information content (AvgIpc) is 2.60. The Labute approximate surface area is 155 Å². The van der Waals surface area contributed by atoms with Crippen LogP contribution in [0.15, 0.2) is 40.9 Å². The van der Waals surface area contributed by atoms with E-state index in [4.69, 9.17) is 14.2 Å². The molecule has 0 saturated carbocycles. The van der Waals surface area contributed by atoms with Crippen LogP contribution in [0.4, 0.5) is 0 Å². The lowest BCUT2D eigenvalue weighted by Crippen LogP contribution is -2.02. The molecule has 0 fully saturated rings. The Balaban J connectivity index is 2.04. The predicted molar refractivity (Wildman–Crippen MR) is 98.9 cm³/mol. The van der Waals surface area contributed by atoms with Crippen LogP contribution in [0.25, 0.3) is 6.08 Å². The number of ether oxygens (including phenoxy) is 3. The van der Waals surface area contributed by atoms with E-state index in [9.17, 15) is 9.90 Å². The summed E-state index contributed by atoms with van der Waals surface area (Å²) < 4.78 is 16.1. The zero-order valence-electron chi connectivity index (χ0n) is 14.2. The minimum absolute atomic E-state index is 0.00812. The van der Waals surface area contributed by atoms with Gasteiger partial charge in [0.05, 0.1) is 18.7 Å². The second kappa shape index (κ2) is 8.58. The van der Waals surface area contributed by atoms with E-state index in [1.807, 2.05) is 25.1 Å². The third kappa shape index (κ3) is 5.00. The molecule has 0 unspecified atom stereocenters. The molecule has 0 aliphatic rings. The summed E-state index contributed by atoms with van der Waals surface area (Å²) in [6, 6.07) is 8.98. The summed E-state index contributed by atoms with van der Waals surface area (Å²) in [4.78, 5) is 11.9. The van der Waals surface area contributed by atoms with E-state index in [2.05, 4.69) is 15.9 Å². The van der Waals surface area contributed by atoms with Crippen LogP contribution in [0, 0.1) is 6.92 Å². The largest absolute Gasteiger partial charge is 0.503 e. The molecule has 5 nitrogen and oxygen atoms in total. The van der Waals surface area contributed by atoms with Gasteiger partial charge in [-0.05, 0) is 58.8 Å². The standard InChI is InChI=1S/C19H19BrO5/c1-12-4-6-16(23-2)14(8-12)11-25-18(21)7-5-13-9-15(20)19(22)17(10-13)24-3/h4-10,22H,11H2,1-3H3/b7-5+. The van der Waals surface area contributed by atoms with Gasteiger partial charge in [-0.2, -0.15) is 0 Å². The maximum atomic E-state index is 11.9.